The predicted molar refractivity (Wildman–Crippen MR) is 124 cm³/mol. The zero-order valence-electron chi connectivity index (χ0n) is 16.2. The molecule has 154 valence electrons. The summed E-state index contributed by atoms with van der Waals surface area (Å²) in [5, 5.41) is 6.12. The van der Waals surface area contributed by atoms with Crippen molar-refractivity contribution in [1.82, 2.24) is 19.9 Å². The van der Waals surface area contributed by atoms with Crippen molar-refractivity contribution in [2.75, 3.05) is 12.3 Å². The van der Waals surface area contributed by atoms with Gasteiger partial charge in [-0.15, -0.1) is 0 Å². The molecule has 2 aromatic heterocycles. The van der Waals surface area contributed by atoms with E-state index in [0.29, 0.717) is 22.3 Å². The van der Waals surface area contributed by atoms with Gasteiger partial charge in [0.1, 0.15) is 0 Å². The van der Waals surface area contributed by atoms with Crippen molar-refractivity contribution in [2.45, 2.75) is 11.1 Å². The van der Waals surface area contributed by atoms with Crippen molar-refractivity contribution in [3.05, 3.63) is 82.2 Å². The molecule has 30 heavy (non-hydrogen) atoms. The van der Waals surface area contributed by atoms with Crippen LogP contribution in [-0.4, -0.2) is 32.7 Å². The zero-order chi connectivity index (χ0) is 21.1. The van der Waals surface area contributed by atoms with Crippen molar-refractivity contribution < 1.29 is 4.79 Å². The van der Waals surface area contributed by atoms with Crippen molar-refractivity contribution in [1.29, 1.82) is 0 Å². The number of fused-ring (bicyclic) bond motifs is 1. The van der Waals surface area contributed by atoms with Crippen LogP contribution < -0.4 is 5.32 Å². The number of halogens is 2. The summed E-state index contributed by atoms with van der Waals surface area (Å²) in [5.41, 5.74) is 3.04. The highest BCUT2D eigenvalue weighted by Gasteiger charge is 2.21. The van der Waals surface area contributed by atoms with Gasteiger partial charge in [0.25, 0.3) is 0 Å². The normalized spacial score (nSPS) is 12.2. The lowest BCUT2D eigenvalue weighted by Gasteiger charge is -2.19. The van der Waals surface area contributed by atoms with E-state index in [2.05, 4.69) is 21.4 Å². The van der Waals surface area contributed by atoms with E-state index in [1.54, 1.807) is 12.3 Å². The van der Waals surface area contributed by atoms with Gasteiger partial charge in [0.15, 0.2) is 5.16 Å². The molecular weight excluding hydrogens is 439 g/mol. The maximum Gasteiger partial charge on any atom is 0.230 e. The molecule has 2 heterocycles. The number of thioether (sulfide) groups is 1. The molecule has 0 aliphatic rings. The van der Waals surface area contributed by atoms with Gasteiger partial charge in [-0.2, -0.15) is 0 Å². The lowest BCUT2D eigenvalue weighted by atomic mass is 9.90. The Labute approximate surface area is 188 Å². The molecule has 0 fully saturated rings. The molecule has 0 aliphatic heterocycles. The first-order valence-electron chi connectivity index (χ1n) is 9.40. The molecular formula is C22H20Cl2N4OS. The van der Waals surface area contributed by atoms with E-state index >= 15 is 0 Å². The summed E-state index contributed by atoms with van der Waals surface area (Å²) in [5.74, 6) is 0.116. The largest absolute Gasteiger partial charge is 0.361 e. The molecule has 1 amide bonds. The topological polar surface area (TPSA) is 62.7 Å². The molecule has 0 saturated carbocycles. The molecule has 0 spiro atoms. The minimum atomic E-state index is -0.118. The van der Waals surface area contributed by atoms with Crippen LogP contribution >= 0.6 is 35.0 Å². The number of aromatic amines is 1. The Kier molecular flexibility index (Phi) is 6.37. The zero-order valence-corrected chi connectivity index (χ0v) is 18.6. The van der Waals surface area contributed by atoms with Crippen molar-refractivity contribution in [3.63, 3.8) is 0 Å². The number of para-hydroxylation sites is 1. The fraction of sp³-hybridized carbons (Fsp3) is 0.182. The number of amides is 1. The number of H-pyrrole nitrogens is 1. The summed E-state index contributed by atoms with van der Waals surface area (Å²) in [4.78, 5) is 20.1. The molecule has 8 heteroatoms. The highest BCUT2D eigenvalue weighted by atomic mass is 35.5. The van der Waals surface area contributed by atoms with E-state index in [1.807, 2.05) is 54.3 Å². The number of hydrogen-bond donors (Lipinski definition) is 2. The van der Waals surface area contributed by atoms with Crippen molar-refractivity contribution in [2.24, 2.45) is 7.05 Å². The SMILES string of the molecule is Cn1ccnc1SCC(=O)NCC(c1ccc(Cl)cc1Cl)c1c[nH]c2ccccc12. The summed E-state index contributed by atoms with van der Waals surface area (Å²) in [6.45, 7) is 0.420. The van der Waals surface area contributed by atoms with Gasteiger partial charge in [0, 0.05) is 59.0 Å². The third-order valence-electron chi connectivity index (χ3n) is 4.95. The lowest BCUT2D eigenvalue weighted by Crippen LogP contribution is -2.30. The van der Waals surface area contributed by atoms with E-state index in [-0.39, 0.29) is 11.8 Å². The quantitative estimate of drug-likeness (QED) is 0.371. The van der Waals surface area contributed by atoms with Gasteiger partial charge in [-0.1, -0.05) is 59.2 Å². The lowest BCUT2D eigenvalue weighted by molar-refractivity contribution is -0.118. The summed E-state index contributed by atoms with van der Waals surface area (Å²) in [6, 6.07) is 13.6. The molecule has 0 saturated heterocycles. The number of carbonyl (C=O) groups excluding carboxylic acids is 1. The Morgan fingerprint density at radius 2 is 2.07 bits per heavy atom. The van der Waals surface area contributed by atoms with E-state index < -0.39 is 0 Å². The number of hydrogen-bond acceptors (Lipinski definition) is 3. The predicted octanol–water partition coefficient (Wildman–Crippen LogP) is 5.25. The van der Waals surface area contributed by atoms with Crippen LogP contribution in [0.25, 0.3) is 10.9 Å². The summed E-state index contributed by atoms with van der Waals surface area (Å²) in [7, 11) is 1.91. The standard InChI is InChI=1S/C22H20Cl2N4OS/c1-28-9-8-25-22(28)30-13-21(29)27-12-17(15-7-6-14(23)10-19(15)24)18-11-26-20-5-3-2-4-16(18)20/h2-11,17,26H,12-13H2,1H3,(H,27,29). The Bertz CT molecular complexity index is 1190. The number of nitrogens with zero attached hydrogens (tertiary/aromatic N) is 2. The third-order valence-corrected chi connectivity index (χ3v) is 6.57. The minimum absolute atomic E-state index is 0.0575. The average Bonchev–Trinajstić information content (AvgIpc) is 3.34. The number of rotatable bonds is 7. The number of benzene rings is 2. The Morgan fingerprint density at radius 1 is 1.23 bits per heavy atom. The van der Waals surface area contributed by atoms with Crippen LogP contribution in [0.2, 0.25) is 10.0 Å². The maximum absolute atomic E-state index is 12.5. The number of aromatic nitrogens is 3. The Morgan fingerprint density at radius 3 is 2.83 bits per heavy atom. The average molecular weight is 459 g/mol. The van der Waals surface area contributed by atoms with Gasteiger partial charge in [0.05, 0.1) is 5.75 Å². The maximum atomic E-state index is 12.5. The van der Waals surface area contributed by atoms with Crippen LogP contribution in [0.15, 0.2) is 66.2 Å². The molecule has 0 radical (unpaired) electrons. The second kappa shape index (κ2) is 9.16. The molecule has 2 N–H and O–H groups in total. The van der Waals surface area contributed by atoms with Crippen LogP contribution in [0.3, 0.4) is 0 Å². The van der Waals surface area contributed by atoms with Crippen LogP contribution in [0.1, 0.15) is 17.0 Å². The third kappa shape index (κ3) is 4.51. The molecule has 5 nitrogen and oxygen atoms in total. The molecule has 1 unspecified atom stereocenters. The molecule has 4 rings (SSSR count). The first-order chi connectivity index (χ1) is 14.5. The number of carbonyl (C=O) groups is 1. The van der Waals surface area contributed by atoms with Crippen molar-refractivity contribution >= 4 is 51.8 Å². The number of imidazole rings is 1. The van der Waals surface area contributed by atoms with Gasteiger partial charge in [-0.05, 0) is 29.3 Å². The summed E-state index contributed by atoms with van der Waals surface area (Å²) >= 11 is 14.0. The highest BCUT2D eigenvalue weighted by molar-refractivity contribution is 7.99. The monoisotopic (exact) mass is 458 g/mol. The van der Waals surface area contributed by atoms with Gasteiger partial charge in [-0.3, -0.25) is 4.79 Å². The molecule has 1 atom stereocenters. The second-order valence-electron chi connectivity index (χ2n) is 6.92. The van der Waals surface area contributed by atoms with Crippen LogP contribution in [-0.2, 0) is 11.8 Å². The van der Waals surface area contributed by atoms with E-state index in [4.69, 9.17) is 23.2 Å². The first kappa shape index (κ1) is 20.8. The fourth-order valence-corrected chi connectivity index (χ4v) is 4.74. The summed E-state index contributed by atoms with van der Waals surface area (Å²) in [6.07, 6.45) is 5.56. The smallest absolute Gasteiger partial charge is 0.230 e. The van der Waals surface area contributed by atoms with E-state index in [0.717, 1.165) is 27.2 Å². The van der Waals surface area contributed by atoms with E-state index in [9.17, 15) is 4.79 Å². The fourth-order valence-electron chi connectivity index (χ4n) is 3.44. The second-order valence-corrected chi connectivity index (χ2v) is 8.71. The molecule has 2 aromatic carbocycles. The first-order valence-corrected chi connectivity index (χ1v) is 11.1. The van der Waals surface area contributed by atoms with Gasteiger partial charge in [-0.25, -0.2) is 4.98 Å². The highest BCUT2D eigenvalue weighted by Crippen LogP contribution is 2.35. The van der Waals surface area contributed by atoms with Crippen molar-refractivity contribution in [3.8, 4) is 0 Å². The van der Waals surface area contributed by atoms with Crippen LogP contribution in [0.5, 0.6) is 0 Å². The number of aryl methyl sites for hydroxylation is 1. The Balaban J connectivity index is 1.56. The van der Waals surface area contributed by atoms with Crippen LogP contribution in [0.4, 0.5) is 0 Å². The van der Waals surface area contributed by atoms with Gasteiger partial charge < -0.3 is 14.9 Å². The number of nitrogens with one attached hydrogen (secondary N) is 2. The summed E-state index contributed by atoms with van der Waals surface area (Å²) < 4.78 is 1.89. The van der Waals surface area contributed by atoms with E-state index in [1.165, 1.54) is 11.8 Å². The van der Waals surface area contributed by atoms with Crippen LogP contribution in [0, 0.1) is 0 Å². The molecule has 0 bridgehead atoms. The molecule has 4 aromatic rings. The Hall–Kier alpha value is -2.41. The van der Waals surface area contributed by atoms with Gasteiger partial charge >= 0.3 is 0 Å². The minimum Gasteiger partial charge on any atom is -0.361 e. The van der Waals surface area contributed by atoms with Gasteiger partial charge in [0.2, 0.25) is 5.91 Å². The molecule has 0 aliphatic carbocycles.